The molecule has 0 radical (unpaired) electrons. The SMILES string of the molecule is Cc1nn(CCl)c2cc(Br)ccc12. The number of nitrogens with zero attached hydrogens (tertiary/aromatic N) is 2. The minimum absolute atomic E-state index is 0.390. The summed E-state index contributed by atoms with van der Waals surface area (Å²) in [6.45, 7) is 1.99. The second kappa shape index (κ2) is 3.31. The van der Waals surface area contributed by atoms with Crippen molar-refractivity contribution in [3.05, 3.63) is 28.4 Å². The molecule has 1 heterocycles. The number of aromatic nitrogens is 2. The molecular weight excluding hydrogens is 251 g/mol. The second-order valence-electron chi connectivity index (χ2n) is 2.87. The van der Waals surface area contributed by atoms with E-state index in [0.29, 0.717) is 6.00 Å². The third kappa shape index (κ3) is 1.46. The van der Waals surface area contributed by atoms with Crippen molar-refractivity contribution in [2.24, 2.45) is 0 Å². The van der Waals surface area contributed by atoms with Gasteiger partial charge >= 0.3 is 0 Å². The maximum absolute atomic E-state index is 5.76. The summed E-state index contributed by atoms with van der Waals surface area (Å²) >= 11 is 9.18. The molecule has 0 saturated carbocycles. The van der Waals surface area contributed by atoms with Gasteiger partial charge in [0.25, 0.3) is 0 Å². The lowest BCUT2D eigenvalue weighted by molar-refractivity contribution is 0.760. The summed E-state index contributed by atoms with van der Waals surface area (Å²) in [5.41, 5.74) is 2.09. The number of halogens is 2. The quantitative estimate of drug-likeness (QED) is 0.719. The van der Waals surface area contributed by atoms with Crippen molar-refractivity contribution in [1.29, 1.82) is 0 Å². The van der Waals surface area contributed by atoms with Crippen molar-refractivity contribution in [3.63, 3.8) is 0 Å². The predicted octanol–water partition coefficient (Wildman–Crippen LogP) is 3.30. The van der Waals surface area contributed by atoms with Gasteiger partial charge in [0.2, 0.25) is 0 Å². The molecular formula is C9H8BrClN2. The van der Waals surface area contributed by atoms with E-state index in [1.165, 1.54) is 0 Å². The van der Waals surface area contributed by atoms with E-state index >= 15 is 0 Å². The van der Waals surface area contributed by atoms with Crippen LogP contribution in [0.4, 0.5) is 0 Å². The van der Waals surface area contributed by atoms with E-state index in [9.17, 15) is 0 Å². The van der Waals surface area contributed by atoms with Gasteiger partial charge in [-0.15, -0.1) is 11.6 Å². The summed E-state index contributed by atoms with van der Waals surface area (Å²) in [5, 5.41) is 5.47. The zero-order valence-corrected chi connectivity index (χ0v) is 9.43. The van der Waals surface area contributed by atoms with Crippen molar-refractivity contribution >= 4 is 38.4 Å². The van der Waals surface area contributed by atoms with Crippen molar-refractivity contribution in [3.8, 4) is 0 Å². The average Bonchev–Trinajstić information content (AvgIpc) is 2.42. The Morgan fingerprint density at radius 2 is 2.31 bits per heavy atom. The molecule has 0 aliphatic carbocycles. The Kier molecular flexibility index (Phi) is 2.30. The normalized spacial score (nSPS) is 11.0. The number of hydrogen-bond donors (Lipinski definition) is 0. The van der Waals surface area contributed by atoms with Crippen LogP contribution in [-0.2, 0) is 6.00 Å². The molecule has 0 fully saturated rings. The van der Waals surface area contributed by atoms with Crippen molar-refractivity contribution in [1.82, 2.24) is 9.78 Å². The molecule has 0 bridgehead atoms. The highest BCUT2D eigenvalue weighted by Crippen LogP contribution is 2.22. The Labute approximate surface area is 89.6 Å². The van der Waals surface area contributed by atoms with Crippen LogP contribution >= 0.6 is 27.5 Å². The topological polar surface area (TPSA) is 17.8 Å². The minimum atomic E-state index is 0.390. The van der Waals surface area contributed by atoms with Crippen LogP contribution < -0.4 is 0 Å². The van der Waals surface area contributed by atoms with Gasteiger partial charge in [0.1, 0.15) is 6.00 Å². The molecule has 0 N–H and O–H groups in total. The van der Waals surface area contributed by atoms with E-state index in [-0.39, 0.29) is 0 Å². The Bertz CT molecular complexity index is 450. The van der Waals surface area contributed by atoms with Crippen molar-refractivity contribution in [2.45, 2.75) is 12.9 Å². The summed E-state index contributed by atoms with van der Waals surface area (Å²) in [6, 6.07) is 6.47. The maximum atomic E-state index is 5.76. The van der Waals surface area contributed by atoms with Gasteiger partial charge in [0, 0.05) is 9.86 Å². The van der Waals surface area contributed by atoms with Crippen LogP contribution in [0, 0.1) is 6.92 Å². The van der Waals surface area contributed by atoms with Gasteiger partial charge in [-0.1, -0.05) is 15.9 Å². The van der Waals surface area contributed by atoms with E-state index in [2.05, 4.69) is 21.0 Å². The minimum Gasteiger partial charge on any atom is -0.250 e. The van der Waals surface area contributed by atoms with E-state index in [4.69, 9.17) is 11.6 Å². The third-order valence-corrected chi connectivity index (χ3v) is 2.73. The summed E-state index contributed by atoms with van der Waals surface area (Å²) in [4.78, 5) is 0. The number of fused-ring (bicyclic) bond motifs is 1. The molecule has 1 aromatic heterocycles. The monoisotopic (exact) mass is 258 g/mol. The summed E-state index contributed by atoms with van der Waals surface area (Å²) < 4.78 is 2.84. The smallest absolute Gasteiger partial charge is 0.116 e. The first-order valence-corrected chi connectivity index (χ1v) is 5.24. The van der Waals surface area contributed by atoms with Crippen LogP contribution in [-0.4, -0.2) is 9.78 Å². The lowest BCUT2D eigenvalue weighted by Gasteiger charge is -1.96. The molecule has 0 atom stereocenters. The Morgan fingerprint density at radius 3 is 3.00 bits per heavy atom. The Hall–Kier alpha value is -0.540. The lowest BCUT2D eigenvalue weighted by Crippen LogP contribution is -1.93. The van der Waals surface area contributed by atoms with E-state index < -0.39 is 0 Å². The van der Waals surface area contributed by atoms with Crippen LogP contribution in [0.15, 0.2) is 22.7 Å². The fourth-order valence-electron chi connectivity index (χ4n) is 1.40. The maximum Gasteiger partial charge on any atom is 0.116 e. The molecule has 2 aromatic rings. The molecule has 0 saturated heterocycles. The van der Waals surface area contributed by atoms with Crippen LogP contribution in [0.1, 0.15) is 5.69 Å². The van der Waals surface area contributed by atoms with Gasteiger partial charge in [-0.05, 0) is 25.1 Å². The summed E-state index contributed by atoms with van der Waals surface area (Å²) in [5.74, 6) is 0. The second-order valence-corrected chi connectivity index (χ2v) is 4.02. The largest absolute Gasteiger partial charge is 0.250 e. The molecule has 2 nitrogen and oxygen atoms in total. The van der Waals surface area contributed by atoms with E-state index in [0.717, 1.165) is 21.1 Å². The fraction of sp³-hybridized carbons (Fsp3) is 0.222. The van der Waals surface area contributed by atoms with Crippen molar-refractivity contribution < 1.29 is 0 Å². The molecule has 0 aliphatic heterocycles. The van der Waals surface area contributed by atoms with Gasteiger partial charge in [0.05, 0.1) is 11.2 Å². The number of alkyl halides is 1. The molecule has 4 heteroatoms. The highest BCUT2D eigenvalue weighted by molar-refractivity contribution is 9.10. The van der Waals surface area contributed by atoms with Crippen LogP contribution in [0.5, 0.6) is 0 Å². The van der Waals surface area contributed by atoms with E-state index in [1.54, 1.807) is 4.68 Å². The van der Waals surface area contributed by atoms with Gasteiger partial charge in [-0.3, -0.25) is 0 Å². The first-order chi connectivity index (χ1) is 6.22. The fourth-order valence-corrected chi connectivity index (χ4v) is 1.94. The number of rotatable bonds is 1. The average molecular weight is 260 g/mol. The van der Waals surface area contributed by atoms with E-state index in [1.807, 2.05) is 25.1 Å². The zero-order chi connectivity index (χ0) is 9.42. The summed E-state index contributed by atoms with van der Waals surface area (Å²) in [6.07, 6.45) is 0. The van der Waals surface area contributed by atoms with Crippen LogP contribution in [0.3, 0.4) is 0 Å². The highest BCUT2D eigenvalue weighted by Gasteiger charge is 2.05. The number of aryl methyl sites for hydroxylation is 1. The lowest BCUT2D eigenvalue weighted by atomic mass is 10.2. The van der Waals surface area contributed by atoms with Gasteiger partial charge in [-0.2, -0.15) is 5.10 Å². The van der Waals surface area contributed by atoms with Gasteiger partial charge in [0.15, 0.2) is 0 Å². The molecule has 0 amide bonds. The zero-order valence-electron chi connectivity index (χ0n) is 7.09. The first kappa shape index (κ1) is 9.03. The summed E-state index contributed by atoms with van der Waals surface area (Å²) in [7, 11) is 0. The van der Waals surface area contributed by atoms with Crippen LogP contribution in [0.25, 0.3) is 10.9 Å². The van der Waals surface area contributed by atoms with Crippen molar-refractivity contribution in [2.75, 3.05) is 0 Å². The van der Waals surface area contributed by atoms with Gasteiger partial charge < -0.3 is 0 Å². The number of benzene rings is 1. The molecule has 0 unspecified atom stereocenters. The third-order valence-electron chi connectivity index (χ3n) is 2.01. The molecule has 13 heavy (non-hydrogen) atoms. The Morgan fingerprint density at radius 1 is 1.54 bits per heavy atom. The first-order valence-electron chi connectivity index (χ1n) is 3.91. The molecule has 0 spiro atoms. The molecule has 2 rings (SSSR count). The van der Waals surface area contributed by atoms with Crippen LogP contribution in [0.2, 0.25) is 0 Å². The molecule has 0 aliphatic rings. The molecule has 68 valence electrons. The number of hydrogen-bond acceptors (Lipinski definition) is 1. The predicted molar refractivity (Wildman–Crippen MR) is 58.0 cm³/mol. The highest BCUT2D eigenvalue weighted by atomic mass is 79.9. The standard InChI is InChI=1S/C9H8BrClN2/c1-6-8-3-2-7(10)4-9(8)13(5-11)12-6/h2-4H,5H2,1H3. The molecule has 1 aromatic carbocycles. The Balaban J connectivity index is 2.81. The van der Waals surface area contributed by atoms with Gasteiger partial charge in [-0.25, -0.2) is 4.68 Å².